The molecular formula is C10H17N3O2S. The summed E-state index contributed by atoms with van der Waals surface area (Å²) < 4.78 is 0. The van der Waals surface area contributed by atoms with E-state index in [1.165, 1.54) is 0 Å². The van der Waals surface area contributed by atoms with Crippen LogP contribution in [0.5, 0.6) is 0 Å². The van der Waals surface area contributed by atoms with Gasteiger partial charge in [-0.2, -0.15) is 11.8 Å². The van der Waals surface area contributed by atoms with E-state index in [4.69, 9.17) is 0 Å². The number of carbonyl (C=O) groups is 2. The van der Waals surface area contributed by atoms with Crippen LogP contribution in [-0.4, -0.2) is 60.4 Å². The molecule has 5 nitrogen and oxygen atoms in total. The van der Waals surface area contributed by atoms with Crippen LogP contribution in [0, 0.1) is 0 Å². The van der Waals surface area contributed by atoms with E-state index in [9.17, 15) is 9.59 Å². The van der Waals surface area contributed by atoms with Gasteiger partial charge in [0.2, 0.25) is 0 Å². The lowest BCUT2D eigenvalue weighted by molar-refractivity contribution is -0.146. The van der Waals surface area contributed by atoms with Crippen molar-refractivity contribution in [3.8, 4) is 0 Å². The zero-order chi connectivity index (χ0) is 11.4. The molecule has 0 aromatic heterocycles. The molecule has 0 spiro atoms. The van der Waals surface area contributed by atoms with Crippen molar-refractivity contribution >= 4 is 23.6 Å². The molecule has 2 aliphatic heterocycles. The van der Waals surface area contributed by atoms with Gasteiger partial charge in [-0.1, -0.05) is 0 Å². The normalized spacial score (nSPS) is 25.5. The first-order valence-electron chi connectivity index (χ1n) is 5.65. The maximum atomic E-state index is 11.8. The second-order valence-electron chi connectivity index (χ2n) is 4.08. The van der Waals surface area contributed by atoms with E-state index in [0.717, 1.165) is 31.0 Å². The Morgan fingerprint density at radius 2 is 2.06 bits per heavy atom. The number of amides is 2. The van der Waals surface area contributed by atoms with E-state index >= 15 is 0 Å². The highest BCUT2D eigenvalue weighted by molar-refractivity contribution is 7.99. The van der Waals surface area contributed by atoms with Gasteiger partial charge in [-0.15, -0.1) is 0 Å². The van der Waals surface area contributed by atoms with E-state index in [-0.39, 0.29) is 11.9 Å². The van der Waals surface area contributed by atoms with Gasteiger partial charge in [-0.25, -0.2) is 0 Å². The molecule has 16 heavy (non-hydrogen) atoms. The molecule has 1 unspecified atom stereocenters. The first-order chi connectivity index (χ1) is 7.77. The van der Waals surface area contributed by atoms with Crippen molar-refractivity contribution in [1.82, 2.24) is 15.5 Å². The molecule has 2 fully saturated rings. The summed E-state index contributed by atoms with van der Waals surface area (Å²) in [5.74, 6) is 1.20. The zero-order valence-corrected chi connectivity index (χ0v) is 10.0. The molecule has 2 N–H and O–H groups in total. The SMILES string of the molecule is O=C(NC1CCSC1)C(=O)N1CCNCC1. The van der Waals surface area contributed by atoms with Crippen LogP contribution < -0.4 is 10.6 Å². The van der Waals surface area contributed by atoms with E-state index in [1.54, 1.807) is 4.90 Å². The minimum Gasteiger partial charge on any atom is -0.344 e. The molecule has 2 aliphatic rings. The monoisotopic (exact) mass is 243 g/mol. The van der Waals surface area contributed by atoms with Crippen LogP contribution in [0.3, 0.4) is 0 Å². The predicted molar refractivity (Wildman–Crippen MR) is 63.3 cm³/mol. The number of hydrogen-bond acceptors (Lipinski definition) is 4. The highest BCUT2D eigenvalue weighted by Crippen LogP contribution is 2.16. The van der Waals surface area contributed by atoms with Crippen molar-refractivity contribution in [2.75, 3.05) is 37.7 Å². The van der Waals surface area contributed by atoms with Gasteiger partial charge in [-0.05, 0) is 12.2 Å². The van der Waals surface area contributed by atoms with Crippen LogP contribution >= 0.6 is 11.8 Å². The van der Waals surface area contributed by atoms with Gasteiger partial charge in [0, 0.05) is 38.0 Å². The van der Waals surface area contributed by atoms with Crippen molar-refractivity contribution < 1.29 is 9.59 Å². The minimum atomic E-state index is -0.436. The van der Waals surface area contributed by atoms with Gasteiger partial charge in [-0.3, -0.25) is 9.59 Å². The smallest absolute Gasteiger partial charge is 0.311 e. The lowest BCUT2D eigenvalue weighted by Crippen LogP contribution is -2.52. The molecule has 0 aromatic carbocycles. The Hall–Kier alpha value is -0.750. The first-order valence-corrected chi connectivity index (χ1v) is 6.81. The maximum Gasteiger partial charge on any atom is 0.311 e. The summed E-state index contributed by atoms with van der Waals surface area (Å²) in [6, 6.07) is 0.185. The number of nitrogens with one attached hydrogen (secondary N) is 2. The Bertz CT molecular complexity index is 273. The van der Waals surface area contributed by atoms with Crippen LogP contribution in [-0.2, 0) is 9.59 Å². The third-order valence-electron chi connectivity index (χ3n) is 2.86. The van der Waals surface area contributed by atoms with Crippen LogP contribution in [0.1, 0.15) is 6.42 Å². The topological polar surface area (TPSA) is 61.4 Å². The van der Waals surface area contributed by atoms with Gasteiger partial charge < -0.3 is 15.5 Å². The highest BCUT2D eigenvalue weighted by atomic mass is 32.2. The number of thioether (sulfide) groups is 1. The number of piperazine rings is 1. The largest absolute Gasteiger partial charge is 0.344 e. The van der Waals surface area contributed by atoms with Gasteiger partial charge in [0.15, 0.2) is 0 Å². The third kappa shape index (κ3) is 2.89. The Kier molecular flexibility index (Phi) is 4.06. The van der Waals surface area contributed by atoms with Crippen LogP contribution in [0.15, 0.2) is 0 Å². The number of nitrogens with zero attached hydrogens (tertiary/aromatic N) is 1. The third-order valence-corrected chi connectivity index (χ3v) is 4.03. The van der Waals surface area contributed by atoms with Crippen LogP contribution in [0.4, 0.5) is 0 Å². The molecule has 0 bridgehead atoms. The lowest BCUT2D eigenvalue weighted by atomic mass is 10.2. The second kappa shape index (κ2) is 5.54. The highest BCUT2D eigenvalue weighted by Gasteiger charge is 2.26. The summed E-state index contributed by atoms with van der Waals surface area (Å²) in [6.07, 6.45) is 0.977. The fourth-order valence-electron chi connectivity index (χ4n) is 1.91. The second-order valence-corrected chi connectivity index (χ2v) is 5.23. The average molecular weight is 243 g/mol. The summed E-state index contributed by atoms with van der Waals surface area (Å²) >= 11 is 1.82. The van der Waals surface area contributed by atoms with Gasteiger partial charge in [0.25, 0.3) is 0 Å². The van der Waals surface area contributed by atoms with E-state index < -0.39 is 5.91 Å². The van der Waals surface area contributed by atoms with E-state index in [0.29, 0.717) is 13.1 Å². The standard InChI is InChI=1S/C10H17N3O2S/c14-9(12-8-1-6-16-7-8)10(15)13-4-2-11-3-5-13/h8,11H,1-7H2,(H,12,14). The van der Waals surface area contributed by atoms with Crippen molar-refractivity contribution in [3.05, 3.63) is 0 Å². The van der Waals surface area contributed by atoms with Crippen molar-refractivity contribution in [1.29, 1.82) is 0 Å². The molecular weight excluding hydrogens is 226 g/mol. The first kappa shape index (κ1) is 11.7. The number of carbonyl (C=O) groups excluding carboxylic acids is 2. The summed E-state index contributed by atoms with van der Waals surface area (Å²) in [7, 11) is 0. The van der Waals surface area contributed by atoms with Crippen molar-refractivity contribution in [3.63, 3.8) is 0 Å². The van der Waals surface area contributed by atoms with E-state index in [1.807, 2.05) is 11.8 Å². The predicted octanol–water partition coefficient (Wildman–Crippen LogP) is -0.960. The van der Waals surface area contributed by atoms with Crippen molar-refractivity contribution in [2.45, 2.75) is 12.5 Å². The molecule has 0 aliphatic carbocycles. The Morgan fingerprint density at radius 1 is 1.31 bits per heavy atom. The minimum absolute atomic E-state index is 0.185. The van der Waals surface area contributed by atoms with Crippen LogP contribution in [0.2, 0.25) is 0 Å². The molecule has 2 amide bonds. The van der Waals surface area contributed by atoms with Crippen LogP contribution in [0.25, 0.3) is 0 Å². The fourth-order valence-corrected chi connectivity index (χ4v) is 3.06. The fraction of sp³-hybridized carbons (Fsp3) is 0.800. The summed E-state index contributed by atoms with van der Waals surface area (Å²) in [6.45, 7) is 2.81. The van der Waals surface area contributed by atoms with Gasteiger partial charge in [0.05, 0.1) is 0 Å². The molecule has 0 saturated carbocycles. The van der Waals surface area contributed by atoms with Crippen molar-refractivity contribution in [2.24, 2.45) is 0 Å². The molecule has 0 aromatic rings. The average Bonchev–Trinajstić information content (AvgIpc) is 2.82. The van der Waals surface area contributed by atoms with Gasteiger partial charge in [0.1, 0.15) is 0 Å². The quantitative estimate of drug-likeness (QED) is 0.582. The summed E-state index contributed by atoms with van der Waals surface area (Å²) in [4.78, 5) is 25.1. The maximum absolute atomic E-state index is 11.8. The molecule has 90 valence electrons. The Labute approximate surface area is 99.3 Å². The number of rotatable bonds is 1. The lowest BCUT2D eigenvalue weighted by Gasteiger charge is -2.27. The molecule has 1 atom stereocenters. The Morgan fingerprint density at radius 3 is 2.69 bits per heavy atom. The molecule has 2 rings (SSSR count). The molecule has 0 radical (unpaired) electrons. The number of hydrogen-bond donors (Lipinski definition) is 2. The van der Waals surface area contributed by atoms with Gasteiger partial charge >= 0.3 is 11.8 Å². The molecule has 2 heterocycles. The van der Waals surface area contributed by atoms with E-state index in [2.05, 4.69) is 10.6 Å². The molecule has 6 heteroatoms. The molecule has 2 saturated heterocycles. The summed E-state index contributed by atoms with van der Waals surface area (Å²) in [5, 5.41) is 5.96. The Balaban J connectivity index is 1.80. The summed E-state index contributed by atoms with van der Waals surface area (Å²) in [5.41, 5.74) is 0. The zero-order valence-electron chi connectivity index (χ0n) is 9.20.